The normalized spacial score (nSPS) is 11.9. The van der Waals surface area contributed by atoms with Gasteiger partial charge < -0.3 is 10.4 Å². The number of rotatable bonds is 5. The number of carboxylic acids is 1. The Morgan fingerprint density at radius 1 is 1.44 bits per heavy atom. The average molecular weight is 291 g/mol. The lowest BCUT2D eigenvalue weighted by atomic mass is 10.2. The highest BCUT2D eigenvalue weighted by molar-refractivity contribution is 6.34. The van der Waals surface area contributed by atoms with Crippen LogP contribution in [0.4, 0.5) is 0 Å². The number of aliphatic carboxylic acids is 1. The smallest absolute Gasteiger partial charge is 0.303 e. The van der Waals surface area contributed by atoms with Crippen LogP contribution in [-0.4, -0.2) is 28.0 Å². The number of aromatic nitrogens is 1. The highest BCUT2D eigenvalue weighted by Crippen LogP contribution is 2.16. The predicted octanol–water partition coefficient (Wildman–Crippen LogP) is 2.37. The molecule has 0 spiro atoms. The second-order valence-corrected chi connectivity index (χ2v) is 4.57. The standard InChI is InChI=1S/C11H12Cl2N2O3/c1-6(2-5-9(16)17)14-11(18)10-7(12)3-4-8(13)15-10/h3-4,6H,2,5H2,1H3,(H,14,18)(H,16,17). The molecule has 0 radical (unpaired) electrons. The van der Waals surface area contributed by atoms with Crippen molar-refractivity contribution in [2.45, 2.75) is 25.8 Å². The zero-order valence-corrected chi connectivity index (χ0v) is 11.1. The first-order valence-electron chi connectivity index (χ1n) is 5.25. The third kappa shape index (κ3) is 4.50. The van der Waals surface area contributed by atoms with Gasteiger partial charge in [-0.3, -0.25) is 9.59 Å². The van der Waals surface area contributed by atoms with Crippen molar-refractivity contribution in [2.24, 2.45) is 0 Å². The minimum Gasteiger partial charge on any atom is -0.481 e. The number of carboxylic acid groups (broad SMARTS) is 1. The number of nitrogens with zero attached hydrogens (tertiary/aromatic N) is 1. The van der Waals surface area contributed by atoms with Crippen LogP contribution >= 0.6 is 23.2 Å². The van der Waals surface area contributed by atoms with E-state index in [2.05, 4.69) is 10.3 Å². The summed E-state index contributed by atoms with van der Waals surface area (Å²) in [6.45, 7) is 1.71. The van der Waals surface area contributed by atoms with E-state index in [-0.39, 0.29) is 28.3 Å². The minimum atomic E-state index is -0.907. The van der Waals surface area contributed by atoms with E-state index in [1.807, 2.05) is 0 Å². The molecule has 0 bridgehead atoms. The maximum atomic E-state index is 11.8. The van der Waals surface area contributed by atoms with Gasteiger partial charge >= 0.3 is 5.97 Å². The van der Waals surface area contributed by atoms with E-state index in [9.17, 15) is 9.59 Å². The Bertz CT molecular complexity index is 466. The largest absolute Gasteiger partial charge is 0.481 e. The van der Waals surface area contributed by atoms with Crippen LogP contribution < -0.4 is 5.32 Å². The van der Waals surface area contributed by atoms with Gasteiger partial charge in [0.1, 0.15) is 10.8 Å². The van der Waals surface area contributed by atoms with Crippen LogP contribution in [0.5, 0.6) is 0 Å². The fourth-order valence-corrected chi connectivity index (χ4v) is 1.62. The molecule has 0 fully saturated rings. The Morgan fingerprint density at radius 3 is 2.72 bits per heavy atom. The van der Waals surface area contributed by atoms with Crippen LogP contribution in [0.1, 0.15) is 30.3 Å². The number of carbonyl (C=O) groups excluding carboxylic acids is 1. The summed E-state index contributed by atoms with van der Waals surface area (Å²) >= 11 is 11.5. The molecule has 1 aromatic heterocycles. The van der Waals surface area contributed by atoms with E-state index in [4.69, 9.17) is 28.3 Å². The Hall–Kier alpha value is -1.33. The summed E-state index contributed by atoms with van der Waals surface area (Å²) in [5.41, 5.74) is 0.0336. The van der Waals surface area contributed by atoms with Gasteiger partial charge in [0.05, 0.1) is 5.02 Å². The SMILES string of the molecule is CC(CCC(=O)O)NC(=O)c1nc(Cl)ccc1Cl. The van der Waals surface area contributed by atoms with Crippen molar-refractivity contribution >= 4 is 35.1 Å². The highest BCUT2D eigenvalue weighted by Gasteiger charge is 2.15. The Morgan fingerprint density at radius 2 is 2.11 bits per heavy atom. The van der Waals surface area contributed by atoms with Crippen molar-refractivity contribution in [3.63, 3.8) is 0 Å². The van der Waals surface area contributed by atoms with E-state index >= 15 is 0 Å². The minimum absolute atomic E-state index is 0.0157. The maximum Gasteiger partial charge on any atom is 0.303 e. The third-order valence-corrected chi connectivity index (χ3v) is 2.71. The monoisotopic (exact) mass is 290 g/mol. The zero-order chi connectivity index (χ0) is 13.7. The molecule has 0 aromatic carbocycles. The van der Waals surface area contributed by atoms with Crippen LogP contribution in [0.2, 0.25) is 10.2 Å². The number of amides is 1. The Kier molecular flexibility index (Phi) is 5.37. The number of hydrogen-bond donors (Lipinski definition) is 2. The maximum absolute atomic E-state index is 11.8. The second-order valence-electron chi connectivity index (χ2n) is 3.77. The van der Waals surface area contributed by atoms with Crippen LogP contribution in [-0.2, 0) is 4.79 Å². The molecule has 98 valence electrons. The van der Waals surface area contributed by atoms with Crippen molar-refractivity contribution in [1.82, 2.24) is 10.3 Å². The molecular formula is C11H12Cl2N2O3. The summed E-state index contributed by atoms with van der Waals surface area (Å²) in [5.74, 6) is -1.38. The molecule has 0 saturated heterocycles. The quantitative estimate of drug-likeness (QED) is 0.816. The molecule has 2 N–H and O–H groups in total. The average Bonchev–Trinajstić information content (AvgIpc) is 2.29. The van der Waals surface area contributed by atoms with E-state index in [0.29, 0.717) is 6.42 Å². The number of nitrogens with one attached hydrogen (secondary N) is 1. The molecule has 1 heterocycles. The van der Waals surface area contributed by atoms with E-state index in [0.717, 1.165) is 0 Å². The lowest BCUT2D eigenvalue weighted by Gasteiger charge is -2.12. The van der Waals surface area contributed by atoms with Gasteiger partial charge in [0.2, 0.25) is 0 Å². The van der Waals surface area contributed by atoms with E-state index in [1.165, 1.54) is 12.1 Å². The number of pyridine rings is 1. The summed E-state index contributed by atoms with van der Waals surface area (Å²) in [6, 6.07) is 2.67. The molecule has 0 aliphatic rings. The summed E-state index contributed by atoms with van der Waals surface area (Å²) < 4.78 is 0. The molecule has 5 nitrogen and oxygen atoms in total. The zero-order valence-electron chi connectivity index (χ0n) is 9.61. The van der Waals surface area contributed by atoms with Gasteiger partial charge in [-0.05, 0) is 25.5 Å². The number of halogens is 2. The first-order chi connectivity index (χ1) is 8.40. The van der Waals surface area contributed by atoms with Gasteiger partial charge in [-0.15, -0.1) is 0 Å². The topological polar surface area (TPSA) is 79.3 Å². The molecule has 1 amide bonds. The van der Waals surface area contributed by atoms with Crippen LogP contribution in [0.25, 0.3) is 0 Å². The summed E-state index contributed by atoms with van der Waals surface area (Å²) in [4.78, 5) is 26.0. The second kappa shape index (κ2) is 6.56. The summed E-state index contributed by atoms with van der Waals surface area (Å²) in [7, 11) is 0. The van der Waals surface area contributed by atoms with Gasteiger partial charge in [-0.1, -0.05) is 23.2 Å². The van der Waals surface area contributed by atoms with Gasteiger partial charge in [0.25, 0.3) is 5.91 Å². The molecule has 1 atom stereocenters. The van der Waals surface area contributed by atoms with Gasteiger partial charge in [-0.25, -0.2) is 4.98 Å². The molecule has 0 saturated carbocycles. The van der Waals surface area contributed by atoms with Crippen molar-refractivity contribution in [3.05, 3.63) is 28.0 Å². The first-order valence-corrected chi connectivity index (χ1v) is 6.00. The van der Waals surface area contributed by atoms with Crippen LogP contribution in [0.3, 0.4) is 0 Å². The Labute approximate surface area is 114 Å². The summed E-state index contributed by atoms with van der Waals surface area (Å²) in [6.07, 6.45) is 0.317. The molecule has 1 unspecified atom stereocenters. The fourth-order valence-electron chi connectivity index (χ4n) is 1.28. The van der Waals surface area contributed by atoms with Gasteiger partial charge in [0, 0.05) is 12.5 Å². The van der Waals surface area contributed by atoms with Crippen molar-refractivity contribution in [2.75, 3.05) is 0 Å². The van der Waals surface area contributed by atoms with Crippen molar-refractivity contribution in [3.8, 4) is 0 Å². The predicted molar refractivity (Wildman–Crippen MR) is 68.1 cm³/mol. The van der Waals surface area contributed by atoms with Gasteiger partial charge in [0.15, 0.2) is 0 Å². The molecule has 1 rings (SSSR count). The van der Waals surface area contributed by atoms with E-state index < -0.39 is 11.9 Å². The third-order valence-electron chi connectivity index (χ3n) is 2.20. The lowest BCUT2D eigenvalue weighted by Crippen LogP contribution is -2.33. The number of carbonyl (C=O) groups is 2. The molecule has 0 aliphatic carbocycles. The summed E-state index contributed by atoms with van der Waals surface area (Å²) in [5, 5.41) is 11.5. The molecular weight excluding hydrogens is 279 g/mol. The molecule has 18 heavy (non-hydrogen) atoms. The molecule has 7 heteroatoms. The van der Waals surface area contributed by atoms with Crippen LogP contribution in [0, 0.1) is 0 Å². The van der Waals surface area contributed by atoms with E-state index in [1.54, 1.807) is 6.92 Å². The first kappa shape index (κ1) is 14.7. The number of hydrogen-bond acceptors (Lipinski definition) is 3. The Balaban J connectivity index is 2.64. The van der Waals surface area contributed by atoms with Crippen LogP contribution in [0.15, 0.2) is 12.1 Å². The van der Waals surface area contributed by atoms with Crippen molar-refractivity contribution < 1.29 is 14.7 Å². The molecule has 0 aliphatic heterocycles. The highest BCUT2D eigenvalue weighted by atomic mass is 35.5. The lowest BCUT2D eigenvalue weighted by molar-refractivity contribution is -0.137. The van der Waals surface area contributed by atoms with Crippen molar-refractivity contribution in [1.29, 1.82) is 0 Å². The van der Waals surface area contributed by atoms with Gasteiger partial charge in [-0.2, -0.15) is 0 Å². The molecule has 1 aromatic rings. The fraction of sp³-hybridized carbons (Fsp3) is 0.364.